The van der Waals surface area contributed by atoms with Gasteiger partial charge in [0.25, 0.3) is 0 Å². The Morgan fingerprint density at radius 2 is 2.31 bits per heavy atom. The van der Waals surface area contributed by atoms with Gasteiger partial charge in [0.05, 0.1) is 6.54 Å². The molecule has 0 bridgehead atoms. The highest BCUT2D eigenvalue weighted by Crippen LogP contribution is 1.94. The first-order valence-corrected chi connectivity index (χ1v) is 4.53. The van der Waals surface area contributed by atoms with E-state index in [1.165, 1.54) is 0 Å². The number of nitrogens with one attached hydrogen (secondary N) is 1. The largest absolute Gasteiger partial charge is 0.338 e. The highest BCUT2D eigenvalue weighted by atomic mass is 16.5. The molecule has 0 amide bonds. The van der Waals surface area contributed by atoms with Crippen molar-refractivity contribution in [2.75, 3.05) is 13.1 Å². The van der Waals surface area contributed by atoms with Crippen molar-refractivity contribution in [3.05, 3.63) is 11.7 Å². The molecule has 0 saturated carbocycles. The summed E-state index contributed by atoms with van der Waals surface area (Å²) in [4.78, 5) is 4.06. The van der Waals surface area contributed by atoms with Gasteiger partial charge in [0.15, 0.2) is 5.82 Å². The van der Waals surface area contributed by atoms with Crippen LogP contribution in [0.25, 0.3) is 0 Å². The van der Waals surface area contributed by atoms with E-state index in [-0.39, 0.29) is 0 Å². The molecule has 13 heavy (non-hydrogen) atoms. The van der Waals surface area contributed by atoms with Crippen molar-refractivity contribution in [2.24, 2.45) is 5.73 Å². The van der Waals surface area contributed by atoms with Crippen molar-refractivity contribution in [3.8, 4) is 0 Å². The first-order valence-electron chi connectivity index (χ1n) is 4.53. The van der Waals surface area contributed by atoms with Gasteiger partial charge in [-0.2, -0.15) is 4.98 Å². The second-order valence-corrected chi connectivity index (χ2v) is 2.91. The van der Waals surface area contributed by atoms with Crippen LogP contribution in [0.3, 0.4) is 0 Å². The lowest BCUT2D eigenvalue weighted by atomic mass is 10.3. The predicted molar refractivity (Wildman–Crippen MR) is 49.0 cm³/mol. The minimum absolute atomic E-state index is 0.644. The monoisotopic (exact) mass is 184 g/mol. The maximum Gasteiger partial charge on any atom is 0.240 e. The zero-order valence-electron chi connectivity index (χ0n) is 7.92. The van der Waals surface area contributed by atoms with Crippen LogP contribution in [0, 0.1) is 6.92 Å². The Kier molecular flexibility index (Phi) is 4.42. The number of aryl methyl sites for hydroxylation is 1. The molecule has 0 aliphatic heterocycles. The highest BCUT2D eigenvalue weighted by Gasteiger charge is 2.00. The van der Waals surface area contributed by atoms with Crippen molar-refractivity contribution >= 4 is 0 Å². The first-order chi connectivity index (χ1) is 6.33. The van der Waals surface area contributed by atoms with Gasteiger partial charge in [-0.3, -0.25) is 0 Å². The molecular formula is C8H16N4O. The van der Waals surface area contributed by atoms with Gasteiger partial charge in [-0.1, -0.05) is 5.16 Å². The Morgan fingerprint density at radius 1 is 1.46 bits per heavy atom. The number of nitrogens with zero attached hydrogens (tertiary/aromatic N) is 2. The first kappa shape index (κ1) is 10.1. The summed E-state index contributed by atoms with van der Waals surface area (Å²) in [5, 5.41) is 6.88. The van der Waals surface area contributed by atoms with Crippen molar-refractivity contribution in [3.63, 3.8) is 0 Å². The SMILES string of the molecule is Cc1noc(CNCCCCN)n1. The Morgan fingerprint density at radius 3 is 2.92 bits per heavy atom. The van der Waals surface area contributed by atoms with Crippen LogP contribution in [0.4, 0.5) is 0 Å². The fourth-order valence-corrected chi connectivity index (χ4v) is 1.00. The van der Waals surface area contributed by atoms with E-state index in [1.54, 1.807) is 6.92 Å². The van der Waals surface area contributed by atoms with E-state index in [9.17, 15) is 0 Å². The number of rotatable bonds is 6. The fraction of sp³-hybridized carbons (Fsp3) is 0.750. The van der Waals surface area contributed by atoms with E-state index >= 15 is 0 Å². The van der Waals surface area contributed by atoms with Crippen molar-refractivity contribution in [2.45, 2.75) is 26.3 Å². The van der Waals surface area contributed by atoms with Gasteiger partial charge in [0.2, 0.25) is 5.89 Å². The van der Waals surface area contributed by atoms with Crippen LogP contribution in [0.2, 0.25) is 0 Å². The van der Waals surface area contributed by atoms with Crippen LogP contribution < -0.4 is 11.1 Å². The van der Waals surface area contributed by atoms with E-state index in [1.807, 2.05) is 0 Å². The average molecular weight is 184 g/mol. The standard InChI is InChI=1S/C8H16N4O/c1-7-11-8(13-12-7)6-10-5-3-2-4-9/h10H,2-6,9H2,1H3. The number of nitrogens with two attached hydrogens (primary N) is 1. The molecule has 0 atom stereocenters. The third-order valence-electron chi connectivity index (χ3n) is 1.65. The Hall–Kier alpha value is -0.940. The lowest BCUT2D eigenvalue weighted by Gasteiger charge is -1.99. The van der Waals surface area contributed by atoms with Crippen molar-refractivity contribution in [1.82, 2.24) is 15.5 Å². The van der Waals surface area contributed by atoms with E-state index in [0.29, 0.717) is 18.3 Å². The van der Waals surface area contributed by atoms with Gasteiger partial charge >= 0.3 is 0 Å². The quantitative estimate of drug-likeness (QED) is 0.618. The molecule has 1 rings (SSSR count). The Labute approximate surface area is 77.7 Å². The number of unbranched alkanes of at least 4 members (excludes halogenated alkanes) is 1. The van der Waals surface area contributed by atoms with Crippen LogP contribution in [-0.2, 0) is 6.54 Å². The summed E-state index contributed by atoms with van der Waals surface area (Å²) in [6, 6.07) is 0. The molecule has 0 radical (unpaired) electrons. The molecule has 3 N–H and O–H groups in total. The van der Waals surface area contributed by atoms with E-state index in [4.69, 9.17) is 10.3 Å². The molecule has 0 saturated heterocycles. The van der Waals surface area contributed by atoms with Gasteiger partial charge in [0, 0.05) is 0 Å². The average Bonchev–Trinajstić information content (AvgIpc) is 2.51. The second kappa shape index (κ2) is 5.66. The molecule has 1 heterocycles. The van der Waals surface area contributed by atoms with E-state index < -0.39 is 0 Å². The summed E-state index contributed by atoms with van der Waals surface area (Å²) in [6.07, 6.45) is 2.14. The van der Waals surface area contributed by atoms with Crippen LogP contribution in [0.15, 0.2) is 4.52 Å². The molecule has 74 valence electrons. The molecule has 0 unspecified atom stereocenters. The minimum Gasteiger partial charge on any atom is -0.338 e. The molecule has 1 aromatic rings. The van der Waals surface area contributed by atoms with Gasteiger partial charge in [-0.05, 0) is 32.9 Å². The van der Waals surface area contributed by atoms with Crippen molar-refractivity contribution in [1.29, 1.82) is 0 Å². The molecule has 0 spiro atoms. The lowest BCUT2D eigenvalue weighted by molar-refractivity contribution is 0.364. The zero-order valence-corrected chi connectivity index (χ0v) is 7.92. The van der Waals surface area contributed by atoms with Crippen LogP contribution in [-0.4, -0.2) is 23.2 Å². The molecule has 0 aliphatic carbocycles. The number of hydrogen-bond acceptors (Lipinski definition) is 5. The van der Waals surface area contributed by atoms with Gasteiger partial charge in [-0.15, -0.1) is 0 Å². The van der Waals surface area contributed by atoms with E-state index in [2.05, 4.69) is 15.5 Å². The molecular weight excluding hydrogens is 168 g/mol. The third-order valence-corrected chi connectivity index (χ3v) is 1.65. The maximum absolute atomic E-state index is 5.36. The summed E-state index contributed by atoms with van der Waals surface area (Å²) in [7, 11) is 0. The molecule has 0 aliphatic rings. The van der Waals surface area contributed by atoms with E-state index in [0.717, 1.165) is 25.9 Å². The highest BCUT2D eigenvalue weighted by molar-refractivity contribution is 4.81. The Bertz CT molecular complexity index is 236. The summed E-state index contributed by atoms with van der Waals surface area (Å²) >= 11 is 0. The van der Waals surface area contributed by atoms with Crippen molar-refractivity contribution < 1.29 is 4.52 Å². The number of aromatic nitrogens is 2. The van der Waals surface area contributed by atoms with Crippen LogP contribution in [0.1, 0.15) is 24.6 Å². The third kappa shape index (κ3) is 4.00. The smallest absolute Gasteiger partial charge is 0.240 e. The molecule has 1 aromatic heterocycles. The van der Waals surface area contributed by atoms with Crippen LogP contribution >= 0.6 is 0 Å². The van der Waals surface area contributed by atoms with Gasteiger partial charge in [-0.25, -0.2) is 0 Å². The Balaban J connectivity index is 2.06. The molecule has 0 aromatic carbocycles. The van der Waals surface area contributed by atoms with Gasteiger partial charge < -0.3 is 15.6 Å². The molecule has 5 nitrogen and oxygen atoms in total. The minimum atomic E-state index is 0.644. The summed E-state index contributed by atoms with van der Waals surface area (Å²) < 4.78 is 4.92. The molecule has 5 heteroatoms. The van der Waals surface area contributed by atoms with Crippen LogP contribution in [0.5, 0.6) is 0 Å². The lowest BCUT2D eigenvalue weighted by Crippen LogP contribution is -2.16. The topological polar surface area (TPSA) is 77.0 Å². The summed E-state index contributed by atoms with van der Waals surface area (Å²) in [5.74, 6) is 1.32. The molecule has 0 fully saturated rings. The van der Waals surface area contributed by atoms with Gasteiger partial charge in [0.1, 0.15) is 0 Å². The maximum atomic E-state index is 5.36. The summed E-state index contributed by atoms with van der Waals surface area (Å²) in [5.41, 5.74) is 5.36. The summed E-state index contributed by atoms with van der Waals surface area (Å²) in [6.45, 7) is 4.15. The normalized spacial score (nSPS) is 10.6. The number of hydrogen-bond donors (Lipinski definition) is 2. The zero-order chi connectivity index (χ0) is 9.52. The second-order valence-electron chi connectivity index (χ2n) is 2.91. The predicted octanol–water partition coefficient (Wildman–Crippen LogP) is 0.207. The fourth-order valence-electron chi connectivity index (χ4n) is 1.00.